The van der Waals surface area contributed by atoms with E-state index in [1.54, 1.807) is 0 Å². The first kappa shape index (κ1) is 12.8. The fourth-order valence-corrected chi connectivity index (χ4v) is 2.00. The van der Waals surface area contributed by atoms with Crippen molar-refractivity contribution in [1.82, 2.24) is 0 Å². The van der Waals surface area contributed by atoms with Crippen LogP contribution >= 0.6 is 15.9 Å². The second-order valence-electron chi connectivity index (χ2n) is 3.54. The Hall–Kier alpha value is -1.63. The highest BCUT2D eigenvalue weighted by Crippen LogP contribution is 2.35. The van der Waals surface area contributed by atoms with E-state index in [0.717, 1.165) is 24.3 Å². The number of hydrogen-bond donors (Lipinski definition) is 0. The molecule has 1 aromatic carbocycles. The van der Waals surface area contributed by atoms with Gasteiger partial charge in [-0.25, -0.2) is 4.90 Å². The molecule has 0 aromatic heterocycles. The van der Waals surface area contributed by atoms with Gasteiger partial charge in [-0.3, -0.25) is 9.59 Å². The smallest absolute Gasteiger partial charge is 0.269 e. The molecule has 0 atom stereocenters. The molecule has 1 aliphatic heterocycles. The molecule has 2 rings (SSSR count). The van der Waals surface area contributed by atoms with E-state index in [0.29, 0.717) is 4.90 Å². The standard InChI is InChI=1S/C11H5BrF3NO2/c12-7-3-6(11(13,14)15)4-8(5-7)16-9(17)1-2-10(16)18/h1-5H. The van der Waals surface area contributed by atoms with Crippen LogP contribution in [0.5, 0.6) is 0 Å². The minimum Gasteiger partial charge on any atom is -0.269 e. The summed E-state index contributed by atoms with van der Waals surface area (Å²) in [4.78, 5) is 23.4. The van der Waals surface area contributed by atoms with E-state index in [1.807, 2.05) is 0 Å². The number of carbonyl (C=O) groups excluding carboxylic acids is 2. The average Bonchev–Trinajstić information content (AvgIpc) is 2.56. The maximum absolute atomic E-state index is 12.6. The zero-order chi connectivity index (χ0) is 13.5. The summed E-state index contributed by atoms with van der Waals surface area (Å²) in [6, 6.07) is 2.91. The predicted molar refractivity (Wildman–Crippen MR) is 60.8 cm³/mol. The molecule has 1 aliphatic rings. The molecule has 0 unspecified atom stereocenters. The van der Waals surface area contributed by atoms with Crippen molar-refractivity contribution >= 4 is 33.4 Å². The number of amides is 2. The van der Waals surface area contributed by atoms with Gasteiger partial charge in [0, 0.05) is 16.6 Å². The Morgan fingerprint density at radius 2 is 1.56 bits per heavy atom. The topological polar surface area (TPSA) is 37.4 Å². The van der Waals surface area contributed by atoms with Crippen molar-refractivity contribution in [3.63, 3.8) is 0 Å². The maximum Gasteiger partial charge on any atom is 0.416 e. The molecular formula is C11H5BrF3NO2. The van der Waals surface area contributed by atoms with E-state index in [2.05, 4.69) is 15.9 Å². The summed E-state index contributed by atoms with van der Waals surface area (Å²) in [5.41, 5.74) is -1.05. The molecule has 1 heterocycles. The van der Waals surface area contributed by atoms with Gasteiger partial charge in [-0.05, 0) is 18.2 Å². The first-order valence-corrected chi connectivity index (χ1v) is 5.52. The Morgan fingerprint density at radius 1 is 1.00 bits per heavy atom. The lowest BCUT2D eigenvalue weighted by atomic mass is 10.2. The number of halogens is 4. The Balaban J connectivity index is 2.50. The van der Waals surface area contributed by atoms with E-state index >= 15 is 0 Å². The SMILES string of the molecule is O=C1C=CC(=O)N1c1cc(Br)cc(C(F)(F)F)c1. The Morgan fingerprint density at radius 3 is 2.06 bits per heavy atom. The van der Waals surface area contributed by atoms with Crippen molar-refractivity contribution in [2.45, 2.75) is 6.18 Å². The highest BCUT2D eigenvalue weighted by atomic mass is 79.9. The molecule has 0 bridgehead atoms. The van der Waals surface area contributed by atoms with Gasteiger partial charge in [0.15, 0.2) is 0 Å². The van der Waals surface area contributed by atoms with Gasteiger partial charge >= 0.3 is 6.18 Å². The first-order chi connectivity index (χ1) is 8.29. The molecule has 0 fully saturated rings. The summed E-state index contributed by atoms with van der Waals surface area (Å²) >= 11 is 2.92. The van der Waals surface area contributed by atoms with Gasteiger partial charge in [0.25, 0.3) is 11.8 Å². The minimum atomic E-state index is -4.54. The van der Waals surface area contributed by atoms with Crippen molar-refractivity contribution in [3.8, 4) is 0 Å². The first-order valence-electron chi connectivity index (χ1n) is 4.73. The second-order valence-corrected chi connectivity index (χ2v) is 4.46. The molecule has 18 heavy (non-hydrogen) atoms. The summed E-state index contributed by atoms with van der Waals surface area (Å²) in [5, 5.41) is 0. The van der Waals surface area contributed by atoms with Crippen LogP contribution in [0, 0.1) is 0 Å². The van der Waals surface area contributed by atoms with Gasteiger partial charge in [-0.2, -0.15) is 13.2 Å². The second kappa shape index (κ2) is 4.24. The van der Waals surface area contributed by atoms with Gasteiger partial charge in [0.05, 0.1) is 11.3 Å². The molecule has 0 radical (unpaired) electrons. The summed E-state index contributed by atoms with van der Waals surface area (Å²) in [6.45, 7) is 0. The van der Waals surface area contributed by atoms with Gasteiger partial charge in [0.1, 0.15) is 0 Å². The van der Waals surface area contributed by atoms with Crippen LogP contribution in [0.3, 0.4) is 0 Å². The Bertz CT molecular complexity index is 548. The van der Waals surface area contributed by atoms with E-state index in [9.17, 15) is 22.8 Å². The summed E-state index contributed by atoms with van der Waals surface area (Å²) in [7, 11) is 0. The molecule has 7 heteroatoms. The van der Waals surface area contributed by atoms with E-state index < -0.39 is 23.6 Å². The molecule has 0 aliphatic carbocycles. The summed E-state index contributed by atoms with van der Waals surface area (Å²) < 4.78 is 38.0. The number of rotatable bonds is 1. The summed E-state index contributed by atoms with van der Waals surface area (Å²) in [6.07, 6.45) is -2.52. The molecule has 0 saturated carbocycles. The molecule has 0 N–H and O–H groups in total. The highest BCUT2D eigenvalue weighted by molar-refractivity contribution is 9.10. The molecule has 1 aromatic rings. The van der Waals surface area contributed by atoms with E-state index in [1.165, 1.54) is 6.07 Å². The lowest BCUT2D eigenvalue weighted by Crippen LogP contribution is -2.29. The summed E-state index contributed by atoms with van der Waals surface area (Å²) in [5.74, 6) is -1.32. The van der Waals surface area contributed by atoms with Crippen LogP contribution in [0.4, 0.5) is 18.9 Å². The Kier molecular flexibility index (Phi) is 3.02. The van der Waals surface area contributed by atoms with Gasteiger partial charge in [-0.15, -0.1) is 0 Å². The average molecular weight is 320 g/mol. The number of benzene rings is 1. The third-order valence-electron chi connectivity index (χ3n) is 2.28. The monoisotopic (exact) mass is 319 g/mol. The van der Waals surface area contributed by atoms with Crippen molar-refractivity contribution in [1.29, 1.82) is 0 Å². The number of alkyl halides is 3. The minimum absolute atomic E-state index is 0.114. The normalized spacial score (nSPS) is 15.7. The number of anilines is 1. The zero-order valence-electron chi connectivity index (χ0n) is 8.66. The lowest BCUT2D eigenvalue weighted by molar-refractivity contribution is -0.137. The molecule has 94 valence electrons. The van der Waals surface area contributed by atoms with E-state index in [4.69, 9.17) is 0 Å². The largest absolute Gasteiger partial charge is 0.416 e. The van der Waals surface area contributed by atoms with Crippen molar-refractivity contribution in [3.05, 3.63) is 40.4 Å². The zero-order valence-corrected chi connectivity index (χ0v) is 10.2. The molecule has 0 spiro atoms. The molecule has 2 amide bonds. The Labute approximate surface area is 108 Å². The number of hydrogen-bond acceptors (Lipinski definition) is 2. The van der Waals surface area contributed by atoms with Crippen LogP contribution in [0.2, 0.25) is 0 Å². The number of carbonyl (C=O) groups is 2. The van der Waals surface area contributed by atoms with Crippen LogP contribution in [0.15, 0.2) is 34.8 Å². The van der Waals surface area contributed by atoms with Gasteiger partial charge in [0.2, 0.25) is 0 Å². The fraction of sp³-hybridized carbons (Fsp3) is 0.0909. The van der Waals surface area contributed by atoms with Crippen molar-refractivity contribution < 1.29 is 22.8 Å². The van der Waals surface area contributed by atoms with Crippen molar-refractivity contribution in [2.24, 2.45) is 0 Å². The lowest BCUT2D eigenvalue weighted by Gasteiger charge is -2.16. The molecular weight excluding hydrogens is 315 g/mol. The molecule has 3 nitrogen and oxygen atoms in total. The van der Waals surface area contributed by atoms with Crippen LogP contribution in [-0.4, -0.2) is 11.8 Å². The van der Waals surface area contributed by atoms with Crippen LogP contribution in [0.1, 0.15) is 5.56 Å². The highest BCUT2D eigenvalue weighted by Gasteiger charge is 2.33. The van der Waals surface area contributed by atoms with Crippen molar-refractivity contribution in [2.75, 3.05) is 4.90 Å². The van der Waals surface area contributed by atoms with Gasteiger partial charge in [-0.1, -0.05) is 15.9 Å². The third-order valence-corrected chi connectivity index (χ3v) is 2.74. The van der Waals surface area contributed by atoms with E-state index in [-0.39, 0.29) is 10.2 Å². The number of imide groups is 1. The van der Waals surface area contributed by atoms with Gasteiger partial charge < -0.3 is 0 Å². The van der Waals surface area contributed by atoms with Crippen LogP contribution < -0.4 is 4.90 Å². The predicted octanol–water partition coefficient (Wildman–Crippen LogP) is 2.90. The fourth-order valence-electron chi connectivity index (χ4n) is 1.52. The van der Waals surface area contributed by atoms with Crippen LogP contribution in [-0.2, 0) is 15.8 Å². The molecule has 0 saturated heterocycles. The quantitative estimate of drug-likeness (QED) is 0.746. The maximum atomic E-state index is 12.6. The van der Waals surface area contributed by atoms with Crippen LogP contribution in [0.25, 0.3) is 0 Å². The third kappa shape index (κ3) is 2.31. The number of nitrogens with zero attached hydrogens (tertiary/aromatic N) is 1.